The standard InChI is InChI=1S/C17H21BrN2O/c1-20-9-6-13(11-20)15-5-4-14(10-16(15)18)17(19-12-21)7-2-3-8-17/h4-5,10,13H,2-3,6-9,11H2,1H3. The van der Waals surface area contributed by atoms with Crippen LogP contribution in [0.4, 0.5) is 0 Å². The summed E-state index contributed by atoms with van der Waals surface area (Å²) < 4.78 is 1.16. The van der Waals surface area contributed by atoms with Gasteiger partial charge >= 0.3 is 0 Å². The summed E-state index contributed by atoms with van der Waals surface area (Å²) in [5.41, 5.74) is 2.21. The van der Waals surface area contributed by atoms with Gasteiger partial charge in [-0.05, 0) is 56.0 Å². The highest BCUT2D eigenvalue weighted by molar-refractivity contribution is 9.10. The first-order valence-corrected chi connectivity index (χ1v) is 8.51. The van der Waals surface area contributed by atoms with Crippen LogP contribution >= 0.6 is 15.9 Å². The molecule has 4 heteroatoms. The second kappa shape index (κ2) is 6.04. The van der Waals surface area contributed by atoms with Gasteiger partial charge in [0.2, 0.25) is 6.08 Å². The number of hydrogen-bond acceptors (Lipinski definition) is 3. The van der Waals surface area contributed by atoms with Crippen LogP contribution in [0.15, 0.2) is 27.7 Å². The van der Waals surface area contributed by atoms with Gasteiger partial charge in [-0.3, -0.25) is 0 Å². The van der Waals surface area contributed by atoms with Crippen LogP contribution in [0, 0.1) is 0 Å². The molecule has 1 saturated heterocycles. The van der Waals surface area contributed by atoms with Crippen molar-refractivity contribution in [3.8, 4) is 0 Å². The van der Waals surface area contributed by atoms with Crippen LogP contribution in [0.1, 0.15) is 49.1 Å². The first kappa shape index (κ1) is 15.0. The molecule has 112 valence electrons. The monoisotopic (exact) mass is 348 g/mol. The Morgan fingerprint density at radius 3 is 2.71 bits per heavy atom. The van der Waals surface area contributed by atoms with Crippen LogP contribution in [-0.2, 0) is 10.3 Å². The lowest BCUT2D eigenvalue weighted by molar-refractivity contribution is 0.411. The number of carbonyl (C=O) groups excluding carboxylic acids is 1. The summed E-state index contributed by atoms with van der Waals surface area (Å²) in [6, 6.07) is 6.58. The van der Waals surface area contributed by atoms with Crippen molar-refractivity contribution < 1.29 is 4.79 Å². The highest BCUT2D eigenvalue weighted by Crippen LogP contribution is 2.44. The molecule has 1 aliphatic carbocycles. The van der Waals surface area contributed by atoms with Gasteiger partial charge in [-0.1, -0.05) is 40.9 Å². The van der Waals surface area contributed by atoms with E-state index < -0.39 is 0 Å². The quantitative estimate of drug-likeness (QED) is 0.611. The molecule has 1 saturated carbocycles. The molecule has 1 aliphatic heterocycles. The predicted molar refractivity (Wildman–Crippen MR) is 87.3 cm³/mol. The Balaban J connectivity index is 1.92. The molecule has 3 nitrogen and oxygen atoms in total. The fourth-order valence-corrected chi connectivity index (χ4v) is 4.55. The fourth-order valence-electron chi connectivity index (χ4n) is 3.85. The molecule has 2 aliphatic rings. The van der Waals surface area contributed by atoms with E-state index in [1.807, 2.05) is 0 Å². The Bertz CT molecular complexity index is 574. The summed E-state index contributed by atoms with van der Waals surface area (Å²) in [6.45, 7) is 2.29. The van der Waals surface area contributed by atoms with Gasteiger partial charge in [0.1, 0.15) is 0 Å². The molecule has 2 fully saturated rings. The minimum atomic E-state index is -0.324. The van der Waals surface area contributed by atoms with E-state index in [1.165, 1.54) is 12.0 Å². The number of likely N-dealkylation sites (N-methyl/N-ethyl adjacent to an activating group) is 1. The van der Waals surface area contributed by atoms with Gasteiger partial charge in [-0.2, -0.15) is 4.99 Å². The number of hydrogen-bond donors (Lipinski definition) is 0. The summed E-state index contributed by atoms with van der Waals surface area (Å²) in [5.74, 6) is 0.604. The van der Waals surface area contributed by atoms with E-state index in [-0.39, 0.29) is 5.54 Å². The number of likely N-dealkylation sites (tertiary alicyclic amines) is 1. The van der Waals surface area contributed by atoms with Crippen LogP contribution in [0.3, 0.4) is 0 Å². The minimum Gasteiger partial charge on any atom is -0.306 e. The molecular formula is C17H21BrN2O. The number of rotatable bonds is 3. The van der Waals surface area contributed by atoms with Gasteiger partial charge in [-0.25, -0.2) is 4.79 Å². The van der Waals surface area contributed by atoms with Gasteiger partial charge in [-0.15, -0.1) is 0 Å². The first-order chi connectivity index (χ1) is 10.1. The highest BCUT2D eigenvalue weighted by atomic mass is 79.9. The molecule has 0 radical (unpaired) electrons. The molecule has 0 spiro atoms. The van der Waals surface area contributed by atoms with Crippen molar-refractivity contribution in [2.45, 2.75) is 43.6 Å². The maximum absolute atomic E-state index is 10.8. The smallest absolute Gasteiger partial charge is 0.235 e. The highest BCUT2D eigenvalue weighted by Gasteiger charge is 2.36. The largest absolute Gasteiger partial charge is 0.306 e. The van der Waals surface area contributed by atoms with Crippen molar-refractivity contribution >= 4 is 22.0 Å². The molecule has 1 heterocycles. The SMILES string of the molecule is CN1CCC(c2ccc(C3(N=C=O)CCCC3)cc2Br)C1. The third-order valence-electron chi connectivity index (χ3n) is 5.06. The lowest BCUT2D eigenvalue weighted by Crippen LogP contribution is -2.19. The summed E-state index contributed by atoms with van der Waals surface area (Å²) in [4.78, 5) is 17.4. The molecule has 21 heavy (non-hydrogen) atoms. The lowest BCUT2D eigenvalue weighted by atomic mass is 9.87. The maximum Gasteiger partial charge on any atom is 0.235 e. The molecule has 0 amide bonds. The van der Waals surface area contributed by atoms with Crippen LogP contribution in [0.5, 0.6) is 0 Å². The Morgan fingerprint density at radius 2 is 2.14 bits per heavy atom. The minimum absolute atomic E-state index is 0.324. The van der Waals surface area contributed by atoms with Crippen molar-refractivity contribution in [2.24, 2.45) is 4.99 Å². The molecule has 3 rings (SSSR count). The fraction of sp³-hybridized carbons (Fsp3) is 0.588. The molecule has 1 unspecified atom stereocenters. The lowest BCUT2D eigenvalue weighted by Gasteiger charge is -2.24. The number of isocyanates is 1. The molecule has 1 aromatic rings. The molecular weight excluding hydrogens is 328 g/mol. The average Bonchev–Trinajstić information content (AvgIpc) is 3.09. The zero-order valence-electron chi connectivity index (χ0n) is 12.4. The summed E-state index contributed by atoms with van der Waals surface area (Å²) in [5, 5.41) is 0. The van der Waals surface area contributed by atoms with E-state index in [2.05, 4.69) is 51.1 Å². The van der Waals surface area contributed by atoms with E-state index >= 15 is 0 Å². The van der Waals surface area contributed by atoms with E-state index in [0.717, 1.165) is 48.8 Å². The van der Waals surface area contributed by atoms with E-state index in [4.69, 9.17) is 0 Å². The first-order valence-electron chi connectivity index (χ1n) is 7.72. The molecule has 1 aromatic carbocycles. The van der Waals surface area contributed by atoms with Crippen LogP contribution < -0.4 is 0 Å². The van der Waals surface area contributed by atoms with Crippen LogP contribution in [0.2, 0.25) is 0 Å². The number of benzene rings is 1. The van der Waals surface area contributed by atoms with E-state index in [1.54, 1.807) is 6.08 Å². The molecule has 0 aromatic heterocycles. The number of halogens is 1. The Labute approximate surface area is 134 Å². The van der Waals surface area contributed by atoms with Crippen molar-refractivity contribution in [2.75, 3.05) is 20.1 Å². The van der Waals surface area contributed by atoms with Crippen molar-refractivity contribution in [1.82, 2.24) is 4.90 Å². The van der Waals surface area contributed by atoms with Gasteiger partial charge in [0.15, 0.2) is 0 Å². The third-order valence-corrected chi connectivity index (χ3v) is 5.75. The second-order valence-corrected chi connectivity index (χ2v) is 7.28. The zero-order chi connectivity index (χ0) is 14.9. The Hall–Kier alpha value is -0.960. The third kappa shape index (κ3) is 2.85. The molecule has 0 N–H and O–H groups in total. The van der Waals surface area contributed by atoms with Crippen LogP contribution in [0.25, 0.3) is 0 Å². The van der Waals surface area contributed by atoms with Crippen molar-refractivity contribution in [3.05, 3.63) is 33.8 Å². The average molecular weight is 349 g/mol. The topological polar surface area (TPSA) is 32.7 Å². The normalized spacial score (nSPS) is 25.0. The Kier molecular flexibility index (Phi) is 4.30. The van der Waals surface area contributed by atoms with Gasteiger partial charge in [0, 0.05) is 11.0 Å². The number of aliphatic imine (C=N–C) groups is 1. The predicted octanol–water partition coefficient (Wildman–Crippen LogP) is 3.97. The van der Waals surface area contributed by atoms with Crippen LogP contribution in [-0.4, -0.2) is 31.1 Å². The van der Waals surface area contributed by atoms with Crippen molar-refractivity contribution in [3.63, 3.8) is 0 Å². The van der Waals surface area contributed by atoms with E-state index in [9.17, 15) is 4.79 Å². The summed E-state index contributed by atoms with van der Waals surface area (Å²) in [7, 11) is 2.18. The van der Waals surface area contributed by atoms with Gasteiger partial charge in [0.05, 0.1) is 5.54 Å². The van der Waals surface area contributed by atoms with Crippen molar-refractivity contribution in [1.29, 1.82) is 0 Å². The summed E-state index contributed by atoms with van der Waals surface area (Å²) in [6.07, 6.45) is 7.20. The van der Waals surface area contributed by atoms with E-state index in [0.29, 0.717) is 5.92 Å². The second-order valence-electron chi connectivity index (χ2n) is 6.43. The summed E-state index contributed by atoms with van der Waals surface area (Å²) >= 11 is 3.74. The number of nitrogens with zero attached hydrogens (tertiary/aromatic N) is 2. The zero-order valence-corrected chi connectivity index (χ0v) is 14.0. The Morgan fingerprint density at radius 1 is 1.38 bits per heavy atom. The molecule has 1 atom stereocenters. The van der Waals surface area contributed by atoms with Gasteiger partial charge < -0.3 is 4.90 Å². The maximum atomic E-state index is 10.8. The molecule has 0 bridgehead atoms. The van der Waals surface area contributed by atoms with Gasteiger partial charge in [0.25, 0.3) is 0 Å².